The van der Waals surface area contributed by atoms with Gasteiger partial charge in [-0.25, -0.2) is 0 Å². The maximum atomic E-state index is 13.2. The number of nitrogens with zero attached hydrogens (tertiary/aromatic N) is 2. The zero-order chi connectivity index (χ0) is 18.9. The SMILES string of the molecule is CCN(C(=O)C1(C(=O)Nc2cccc3cccnc23)CC1)c1ccccc1. The smallest absolute Gasteiger partial charge is 0.242 e. The van der Waals surface area contributed by atoms with E-state index in [2.05, 4.69) is 10.3 Å². The van der Waals surface area contributed by atoms with Crippen LogP contribution in [0.5, 0.6) is 0 Å². The highest BCUT2D eigenvalue weighted by Gasteiger charge is 2.58. The molecular weight excluding hydrogens is 338 g/mol. The van der Waals surface area contributed by atoms with E-state index in [1.807, 2.05) is 67.6 Å². The predicted octanol–water partition coefficient (Wildman–Crippen LogP) is 4.01. The van der Waals surface area contributed by atoms with Crippen LogP contribution in [0.4, 0.5) is 11.4 Å². The van der Waals surface area contributed by atoms with Crippen LogP contribution in [-0.4, -0.2) is 23.3 Å². The van der Waals surface area contributed by atoms with E-state index in [9.17, 15) is 9.59 Å². The quantitative estimate of drug-likeness (QED) is 0.700. The number of benzene rings is 2. The van der Waals surface area contributed by atoms with Crippen molar-refractivity contribution in [3.05, 3.63) is 66.9 Å². The molecule has 1 aromatic heterocycles. The Hall–Kier alpha value is -3.21. The van der Waals surface area contributed by atoms with Crippen molar-refractivity contribution in [2.75, 3.05) is 16.8 Å². The Balaban J connectivity index is 1.60. The van der Waals surface area contributed by atoms with Crippen molar-refractivity contribution in [1.29, 1.82) is 0 Å². The molecule has 5 heteroatoms. The molecule has 27 heavy (non-hydrogen) atoms. The van der Waals surface area contributed by atoms with Crippen LogP contribution in [0.25, 0.3) is 10.9 Å². The van der Waals surface area contributed by atoms with E-state index in [4.69, 9.17) is 0 Å². The fourth-order valence-electron chi connectivity index (χ4n) is 3.42. The summed E-state index contributed by atoms with van der Waals surface area (Å²) in [6.45, 7) is 2.45. The second kappa shape index (κ2) is 6.83. The lowest BCUT2D eigenvalue weighted by Gasteiger charge is -2.26. The molecule has 1 heterocycles. The molecule has 5 nitrogen and oxygen atoms in total. The van der Waals surface area contributed by atoms with Gasteiger partial charge in [0.2, 0.25) is 11.8 Å². The zero-order valence-electron chi connectivity index (χ0n) is 15.2. The van der Waals surface area contributed by atoms with E-state index >= 15 is 0 Å². The van der Waals surface area contributed by atoms with Crippen LogP contribution in [0.1, 0.15) is 19.8 Å². The Morgan fingerprint density at radius 3 is 2.48 bits per heavy atom. The molecule has 4 rings (SSSR count). The van der Waals surface area contributed by atoms with E-state index in [1.165, 1.54) is 0 Å². The van der Waals surface area contributed by atoms with Crippen molar-refractivity contribution in [2.24, 2.45) is 5.41 Å². The highest BCUT2D eigenvalue weighted by molar-refractivity contribution is 6.18. The van der Waals surface area contributed by atoms with Crippen molar-refractivity contribution in [2.45, 2.75) is 19.8 Å². The largest absolute Gasteiger partial charge is 0.323 e. The molecule has 0 aliphatic heterocycles. The summed E-state index contributed by atoms with van der Waals surface area (Å²) >= 11 is 0. The van der Waals surface area contributed by atoms with E-state index in [0.717, 1.165) is 16.6 Å². The number of hydrogen-bond acceptors (Lipinski definition) is 3. The van der Waals surface area contributed by atoms with Crippen LogP contribution in [0.15, 0.2) is 66.9 Å². The Labute approximate surface area is 158 Å². The third kappa shape index (κ3) is 3.05. The van der Waals surface area contributed by atoms with Gasteiger partial charge in [0.25, 0.3) is 0 Å². The molecule has 0 unspecified atom stereocenters. The van der Waals surface area contributed by atoms with E-state index < -0.39 is 5.41 Å². The highest BCUT2D eigenvalue weighted by atomic mass is 16.2. The van der Waals surface area contributed by atoms with Gasteiger partial charge in [-0.1, -0.05) is 36.4 Å². The number of amides is 2. The van der Waals surface area contributed by atoms with Crippen molar-refractivity contribution in [3.8, 4) is 0 Å². The van der Waals surface area contributed by atoms with Gasteiger partial charge in [-0.3, -0.25) is 14.6 Å². The third-order valence-corrected chi connectivity index (χ3v) is 5.10. The Kier molecular flexibility index (Phi) is 4.36. The number of anilines is 2. The van der Waals surface area contributed by atoms with Crippen LogP contribution < -0.4 is 10.2 Å². The van der Waals surface area contributed by atoms with Gasteiger partial charge in [-0.05, 0) is 44.0 Å². The fourth-order valence-corrected chi connectivity index (χ4v) is 3.42. The van der Waals surface area contributed by atoms with Gasteiger partial charge in [-0.2, -0.15) is 0 Å². The standard InChI is InChI=1S/C22H21N3O2/c1-2-25(17-10-4-3-5-11-17)21(27)22(13-14-22)20(26)24-18-12-6-8-16-9-7-15-23-19(16)18/h3-12,15H,2,13-14H2,1H3,(H,24,26). The molecule has 1 aliphatic rings. The van der Waals surface area contributed by atoms with Crippen LogP contribution in [0, 0.1) is 5.41 Å². The molecule has 136 valence electrons. The highest BCUT2D eigenvalue weighted by Crippen LogP contribution is 2.49. The number of hydrogen-bond donors (Lipinski definition) is 1. The number of carbonyl (C=O) groups is 2. The summed E-state index contributed by atoms with van der Waals surface area (Å²) in [5.74, 6) is -0.387. The number of carbonyl (C=O) groups excluding carboxylic acids is 2. The van der Waals surface area contributed by atoms with Gasteiger partial charge < -0.3 is 10.2 Å². The minimum Gasteiger partial charge on any atom is -0.323 e. The van der Waals surface area contributed by atoms with Gasteiger partial charge in [0.1, 0.15) is 5.41 Å². The second-order valence-corrected chi connectivity index (χ2v) is 6.80. The van der Waals surface area contributed by atoms with Gasteiger partial charge in [-0.15, -0.1) is 0 Å². The number of fused-ring (bicyclic) bond motifs is 1. The minimum absolute atomic E-state index is 0.137. The summed E-state index contributed by atoms with van der Waals surface area (Å²) in [4.78, 5) is 32.3. The second-order valence-electron chi connectivity index (χ2n) is 6.80. The first kappa shape index (κ1) is 17.2. The maximum Gasteiger partial charge on any atom is 0.242 e. The van der Waals surface area contributed by atoms with Gasteiger partial charge in [0.05, 0.1) is 11.2 Å². The van der Waals surface area contributed by atoms with Crippen LogP contribution in [0.2, 0.25) is 0 Å². The summed E-state index contributed by atoms with van der Waals surface area (Å²) in [6, 6.07) is 18.9. The number of aromatic nitrogens is 1. The first-order chi connectivity index (χ1) is 13.2. The molecule has 3 aromatic rings. The Bertz CT molecular complexity index is 991. The van der Waals surface area contributed by atoms with Gasteiger partial charge >= 0.3 is 0 Å². The van der Waals surface area contributed by atoms with Crippen LogP contribution >= 0.6 is 0 Å². The Morgan fingerprint density at radius 2 is 1.78 bits per heavy atom. The van der Waals surface area contributed by atoms with E-state index in [1.54, 1.807) is 11.1 Å². The van der Waals surface area contributed by atoms with Gasteiger partial charge in [0, 0.05) is 23.8 Å². The number of pyridine rings is 1. The molecule has 2 aromatic carbocycles. The summed E-state index contributed by atoms with van der Waals surface area (Å²) in [6.07, 6.45) is 2.84. The molecule has 0 saturated heterocycles. The minimum atomic E-state index is -0.983. The van der Waals surface area contributed by atoms with Crippen LogP contribution in [0.3, 0.4) is 0 Å². The molecule has 1 fully saturated rings. The van der Waals surface area contributed by atoms with E-state index in [0.29, 0.717) is 25.1 Å². The average molecular weight is 359 g/mol. The lowest BCUT2D eigenvalue weighted by Crippen LogP contribution is -2.43. The Morgan fingerprint density at radius 1 is 1.04 bits per heavy atom. The normalized spacial score (nSPS) is 14.6. The third-order valence-electron chi connectivity index (χ3n) is 5.10. The molecule has 1 saturated carbocycles. The molecule has 0 bridgehead atoms. The van der Waals surface area contributed by atoms with Crippen molar-refractivity contribution >= 4 is 34.1 Å². The van der Waals surface area contributed by atoms with Crippen molar-refractivity contribution in [1.82, 2.24) is 4.98 Å². The first-order valence-corrected chi connectivity index (χ1v) is 9.18. The molecule has 0 radical (unpaired) electrons. The van der Waals surface area contributed by atoms with Gasteiger partial charge in [0.15, 0.2) is 0 Å². The average Bonchev–Trinajstić information content (AvgIpc) is 3.52. The topological polar surface area (TPSA) is 62.3 Å². The number of nitrogens with one attached hydrogen (secondary N) is 1. The van der Waals surface area contributed by atoms with Crippen LogP contribution in [-0.2, 0) is 9.59 Å². The summed E-state index contributed by atoms with van der Waals surface area (Å²) in [5, 5.41) is 3.90. The number of para-hydroxylation sites is 2. The summed E-state index contributed by atoms with van der Waals surface area (Å²) in [7, 11) is 0. The zero-order valence-corrected chi connectivity index (χ0v) is 15.2. The number of rotatable bonds is 5. The first-order valence-electron chi connectivity index (χ1n) is 9.18. The fraction of sp³-hybridized carbons (Fsp3) is 0.227. The molecule has 0 atom stereocenters. The monoisotopic (exact) mass is 359 g/mol. The summed E-state index contributed by atoms with van der Waals surface area (Å²) < 4.78 is 0. The molecule has 2 amide bonds. The maximum absolute atomic E-state index is 13.2. The molecule has 0 spiro atoms. The molecule has 1 N–H and O–H groups in total. The lowest BCUT2D eigenvalue weighted by molar-refractivity contribution is -0.132. The molecular formula is C22H21N3O2. The predicted molar refractivity (Wildman–Crippen MR) is 107 cm³/mol. The van der Waals surface area contributed by atoms with E-state index in [-0.39, 0.29) is 11.8 Å². The summed E-state index contributed by atoms with van der Waals surface area (Å²) in [5.41, 5.74) is 1.20. The lowest BCUT2D eigenvalue weighted by atomic mass is 10.0. The van der Waals surface area contributed by atoms with Crippen molar-refractivity contribution in [3.63, 3.8) is 0 Å². The molecule has 1 aliphatic carbocycles. The van der Waals surface area contributed by atoms with Crippen molar-refractivity contribution < 1.29 is 9.59 Å².